The first-order valence-corrected chi connectivity index (χ1v) is 7.37. The van der Waals surface area contributed by atoms with Gasteiger partial charge < -0.3 is 10.1 Å². The Balaban J connectivity index is 1.70. The molecule has 3 heterocycles. The lowest BCUT2D eigenvalue weighted by Crippen LogP contribution is -1.97. The fraction of sp³-hybridized carbons (Fsp3) is 0.0588. The lowest BCUT2D eigenvalue weighted by Gasteiger charge is -2.03. The summed E-state index contributed by atoms with van der Waals surface area (Å²) in [4.78, 5) is 12.8. The van der Waals surface area contributed by atoms with E-state index in [-0.39, 0.29) is 0 Å². The third-order valence-corrected chi connectivity index (χ3v) is 3.54. The van der Waals surface area contributed by atoms with Gasteiger partial charge in [0.2, 0.25) is 5.95 Å². The summed E-state index contributed by atoms with van der Waals surface area (Å²) in [7, 11) is 1.64. The van der Waals surface area contributed by atoms with Crippen molar-refractivity contribution in [1.29, 1.82) is 0 Å². The predicted octanol–water partition coefficient (Wildman–Crippen LogP) is 2.94. The molecule has 0 fully saturated rings. The van der Waals surface area contributed by atoms with Gasteiger partial charge in [0, 0.05) is 29.8 Å². The summed E-state index contributed by atoms with van der Waals surface area (Å²) >= 11 is 0. The fourth-order valence-electron chi connectivity index (χ4n) is 2.38. The first-order chi connectivity index (χ1) is 11.8. The van der Waals surface area contributed by atoms with Crippen LogP contribution in [0.2, 0.25) is 0 Å². The van der Waals surface area contributed by atoms with Crippen LogP contribution in [0.15, 0.2) is 61.1 Å². The maximum absolute atomic E-state index is 5.15. The van der Waals surface area contributed by atoms with Crippen LogP contribution in [0.4, 0.5) is 11.6 Å². The normalized spacial score (nSPS) is 10.7. The number of hydrogen-bond donors (Lipinski definition) is 1. The smallest absolute Gasteiger partial charge is 0.254 e. The highest BCUT2D eigenvalue weighted by atomic mass is 16.5. The molecule has 0 amide bonds. The monoisotopic (exact) mass is 318 g/mol. The zero-order chi connectivity index (χ0) is 16.4. The molecule has 118 valence electrons. The van der Waals surface area contributed by atoms with Gasteiger partial charge in [-0.15, -0.1) is 5.10 Å². The van der Waals surface area contributed by atoms with E-state index >= 15 is 0 Å². The SMILES string of the molecule is COc1ccc(Nc2nc3nccc(-c4cccnc4)n3n2)cc1. The predicted molar refractivity (Wildman–Crippen MR) is 90.3 cm³/mol. The molecule has 0 atom stereocenters. The Morgan fingerprint density at radius 2 is 1.92 bits per heavy atom. The minimum absolute atomic E-state index is 0.476. The molecule has 0 aliphatic heterocycles. The van der Waals surface area contributed by atoms with Crippen LogP contribution < -0.4 is 10.1 Å². The van der Waals surface area contributed by atoms with Gasteiger partial charge in [-0.1, -0.05) is 0 Å². The van der Waals surface area contributed by atoms with Crippen LogP contribution in [0.3, 0.4) is 0 Å². The molecule has 0 aliphatic rings. The van der Waals surface area contributed by atoms with Crippen LogP contribution in [0.5, 0.6) is 5.75 Å². The second-order valence-corrected chi connectivity index (χ2v) is 5.07. The van der Waals surface area contributed by atoms with Gasteiger partial charge in [0.25, 0.3) is 5.78 Å². The zero-order valence-corrected chi connectivity index (χ0v) is 12.9. The summed E-state index contributed by atoms with van der Waals surface area (Å²) in [5, 5.41) is 7.67. The number of pyridine rings is 1. The van der Waals surface area contributed by atoms with E-state index in [2.05, 4.69) is 25.4 Å². The molecule has 4 rings (SSSR count). The van der Waals surface area contributed by atoms with Crippen LogP contribution in [0.25, 0.3) is 17.0 Å². The maximum atomic E-state index is 5.15. The molecule has 4 aromatic rings. The fourth-order valence-corrected chi connectivity index (χ4v) is 2.38. The van der Waals surface area contributed by atoms with Gasteiger partial charge in [0.15, 0.2) is 0 Å². The third-order valence-electron chi connectivity index (χ3n) is 3.54. The number of nitrogens with zero attached hydrogens (tertiary/aromatic N) is 5. The average Bonchev–Trinajstić information content (AvgIpc) is 3.05. The molecule has 1 N–H and O–H groups in total. The number of anilines is 2. The van der Waals surface area contributed by atoms with Crippen molar-refractivity contribution in [2.75, 3.05) is 12.4 Å². The Morgan fingerprint density at radius 3 is 2.67 bits per heavy atom. The van der Waals surface area contributed by atoms with Gasteiger partial charge in [-0.2, -0.15) is 9.50 Å². The van der Waals surface area contributed by atoms with E-state index in [4.69, 9.17) is 4.74 Å². The van der Waals surface area contributed by atoms with Crippen molar-refractivity contribution in [3.63, 3.8) is 0 Å². The first kappa shape index (κ1) is 14.1. The molecular weight excluding hydrogens is 304 g/mol. The Labute approximate surface area is 138 Å². The third kappa shape index (κ3) is 2.63. The van der Waals surface area contributed by atoms with Gasteiger partial charge in [0.1, 0.15) is 5.75 Å². The number of benzene rings is 1. The molecule has 0 aliphatic carbocycles. The summed E-state index contributed by atoms with van der Waals surface area (Å²) in [5.74, 6) is 1.79. The van der Waals surface area contributed by atoms with Gasteiger partial charge in [-0.3, -0.25) is 4.98 Å². The van der Waals surface area contributed by atoms with Crippen molar-refractivity contribution >= 4 is 17.4 Å². The summed E-state index contributed by atoms with van der Waals surface area (Å²) in [6, 6.07) is 13.3. The molecule has 0 saturated carbocycles. The second-order valence-electron chi connectivity index (χ2n) is 5.07. The van der Waals surface area contributed by atoms with E-state index in [0.717, 1.165) is 22.7 Å². The molecule has 0 spiro atoms. The lowest BCUT2D eigenvalue weighted by molar-refractivity contribution is 0.415. The van der Waals surface area contributed by atoms with Crippen LogP contribution in [-0.2, 0) is 0 Å². The number of aromatic nitrogens is 5. The van der Waals surface area contributed by atoms with Gasteiger partial charge in [0.05, 0.1) is 12.8 Å². The zero-order valence-electron chi connectivity index (χ0n) is 12.9. The average molecular weight is 318 g/mol. The summed E-state index contributed by atoms with van der Waals surface area (Å²) in [5.41, 5.74) is 2.70. The second kappa shape index (κ2) is 5.96. The number of hydrogen-bond acceptors (Lipinski definition) is 6. The Bertz CT molecular complexity index is 965. The number of methoxy groups -OCH3 is 1. The number of rotatable bonds is 4. The molecule has 7 nitrogen and oxygen atoms in total. The molecule has 0 radical (unpaired) electrons. The lowest BCUT2D eigenvalue weighted by atomic mass is 10.2. The van der Waals surface area contributed by atoms with E-state index in [0.29, 0.717) is 11.7 Å². The maximum Gasteiger partial charge on any atom is 0.254 e. The molecule has 24 heavy (non-hydrogen) atoms. The first-order valence-electron chi connectivity index (χ1n) is 7.37. The number of ether oxygens (including phenoxy) is 1. The van der Waals surface area contributed by atoms with Gasteiger partial charge in [-0.05, 0) is 42.5 Å². The minimum Gasteiger partial charge on any atom is -0.497 e. The summed E-state index contributed by atoms with van der Waals surface area (Å²) in [6.07, 6.45) is 5.23. The van der Waals surface area contributed by atoms with Crippen molar-refractivity contribution in [2.45, 2.75) is 0 Å². The molecule has 1 aromatic carbocycles. The highest BCUT2D eigenvalue weighted by Gasteiger charge is 2.10. The topological polar surface area (TPSA) is 77.2 Å². The van der Waals surface area contributed by atoms with Crippen molar-refractivity contribution in [2.24, 2.45) is 0 Å². The van der Waals surface area contributed by atoms with Gasteiger partial charge in [-0.25, -0.2) is 4.98 Å². The number of nitrogens with one attached hydrogen (secondary N) is 1. The van der Waals surface area contributed by atoms with Crippen molar-refractivity contribution in [3.05, 3.63) is 61.1 Å². The molecular formula is C17H14N6O. The van der Waals surface area contributed by atoms with Crippen LogP contribution >= 0.6 is 0 Å². The van der Waals surface area contributed by atoms with Gasteiger partial charge >= 0.3 is 0 Å². The molecule has 0 saturated heterocycles. The van der Waals surface area contributed by atoms with E-state index in [9.17, 15) is 0 Å². The quantitative estimate of drug-likeness (QED) is 0.623. The molecule has 3 aromatic heterocycles. The minimum atomic E-state index is 0.476. The van der Waals surface area contributed by atoms with Crippen LogP contribution in [0.1, 0.15) is 0 Å². The highest BCUT2D eigenvalue weighted by Crippen LogP contribution is 2.21. The Kier molecular flexibility index (Phi) is 3.51. The van der Waals surface area contributed by atoms with Crippen molar-refractivity contribution < 1.29 is 4.74 Å². The number of fused-ring (bicyclic) bond motifs is 1. The Morgan fingerprint density at radius 1 is 1.04 bits per heavy atom. The van der Waals surface area contributed by atoms with E-state index < -0.39 is 0 Å². The Hall–Kier alpha value is -3.48. The van der Waals surface area contributed by atoms with Crippen molar-refractivity contribution in [3.8, 4) is 17.0 Å². The van der Waals surface area contributed by atoms with Crippen LogP contribution in [0, 0.1) is 0 Å². The summed E-state index contributed by atoms with van der Waals surface area (Å²) in [6.45, 7) is 0. The van der Waals surface area contributed by atoms with Crippen LogP contribution in [-0.4, -0.2) is 31.7 Å². The largest absolute Gasteiger partial charge is 0.497 e. The molecule has 0 bridgehead atoms. The molecule has 7 heteroatoms. The van der Waals surface area contributed by atoms with E-state index in [1.807, 2.05) is 42.5 Å². The standard InChI is InChI=1S/C17H14N6O/c1-24-14-6-4-13(5-7-14)20-16-21-17-19-10-8-15(23(17)22-16)12-3-2-9-18-11-12/h2-11H,1H3,(H,20,22). The summed E-state index contributed by atoms with van der Waals surface area (Å²) < 4.78 is 6.85. The molecule has 0 unspecified atom stereocenters. The van der Waals surface area contributed by atoms with E-state index in [1.165, 1.54) is 0 Å². The van der Waals surface area contributed by atoms with E-state index in [1.54, 1.807) is 30.2 Å². The van der Waals surface area contributed by atoms with Crippen molar-refractivity contribution in [1.82, 2.24) is 24.6 Å². The highest BCUT2D eigenvalue weighted by molar-refractivity contribution is 5.62.